The Morgan fingerprint density at radius 2 is 1.59 bits per heavy atom. The van der Waals surface area contributed by atoms with E-state index in [1.54, 1.807) is 23.9 Å². The van der Waals surface area contributed by atoms with Crippen LogP contribution in [0.2, 0.25) is 0 Å². The lowest BCUT2D eigenvalue weighted by Crippen LogP contribution is -2.52. The highest BCUT2D eigenvalue weighted by molar-refractivity contribution is 7.98. The average molecular weight is 617 g/mol. The van der Waals surface area contributed by atoms with Gasteiger partial charge >= 0.3 is 0 Å². The largest absolute Gasteiger partial charge is 0.456 e. The topological polar surface area (TPSA) is 132 Å². The fraction of sp³-hybridized carbons (Fsp3) is 0.382. The Hall–Kier alpha value is -4.02. The van der Waals surface area contributed by atoms with E-state index in [4.69, 9.17) is 15.2 Å². The molecule has 0 saturated heterocycles. The molecule has 2 heterocycles. The molecule has 1 spiro atoms. The van der Waals surface area contributed by atoms with Crippen LogP contribution in [-0.2, 0) is 31.3 Å². The number of ether oxygens (including phenoxy) is 2. The van der Waals surface area contributed by atoms with Gasteiger partial charge in [0.15, 0.2) is 5.60 Å². The lowest BCUT2D eigenvalue weighted by Gasteiger charge is -2.37. The van der Waals surface area contributed by atoms with Crippen molar-refractivity contribution in [3.63, 3.8) is 0 Å². The van der Waals surface area contributed by atoms with Crippen LogP contribution in [0, 0.1) is 5.92 Å². The van der Waals surface area contributed by atoms with Crippen LogP contribution >= 0.6 is 11.8 Å². The maximum Gasteiger partial charge on any atom is 0.246 e. The third-order valence-corrected chi connectivity index (χ3v) is 8.69. The molecule has 5 N–H and O–H groups in total. The number of thioether (sulfide) groups is 1. The van der Waals surface area contributed by atoms with E-state index in [0.717, 1.165) is 28.7 Å². The van der Waals surface area contributed by atoms with E-state index in [-0.39, 0.29) is 17.7 Å². The van der Waals surface area contributed by atoms with Crippen LogP contribution in [0.25, 0.3) is 0 Å². The fourth-order valence-electron chi connectivity index (χ4n) is 5.87. The Morgan fingerprint density at radius 3 is 2.32 bits per heavy atom. The van der Waals surface area contributed by atoms with Gasteiger partial charge in [-0.2, -0.15) is 11.8 Å². The van der Waals surface area contributed by atoms with Gasteiger partial charge in [0.25, 0.3) is 0 Å². The van der Waals surface area contributed by atoms with Crippen LogP contribution in [0.1, 0.15) is 62.3 Å². The van der Waals surface area contributed by atoms with Crippen LogP contribution in [0.3, 0.4) is 0 Å². The minimum Gasteiger partial charge on any atom is -0.456 e. The minimum atomic E-state index is -0.876. The van der Waals surface area contributed by atoms with Gasteiger partial charge in [0.05, 0.1) is 6.61 Å². The third-order valence-electron chi connectivity index (χ3n) is 8.04. The van der Waals surface area contributed by atoms with E-state index >= 15 is 0 Å². The molecule has 3 atom stereocenters. The van der Waals surface area contributed by atoms with E-state index in [1.165, 1.54) is 6.92 Å². The van der Waals surface area contributed by atoms with Crippen molar-refractivity contribution in [1.29, 1.82) is 0 Å². The number of anilines is 2. The molecule has 44 heavy (non-hydrogen) atoms. The van der Waals surface area contributed by atoms with Crippen molar-refractivity contribution >= 4 is 40.9 Å². The zero-order valence-electron chi connectivity index (χ0n) is 25.6. The second-order valence-electron chi connectivity index (χ2n) is 11.8. The summed E-state index contributed by atoms with van der Waals surface area (Å²) in [6, 6.07) is 17.7. The first kappa shape index (κ1) is 31.4. The van der Waals surface area contributed by atoms with Gasteiger partial charge in [-0.25, -0.2) is 0 Å². The molecule has 5 rings (SSSR count). The molecule has 10 heteroatoms. The van der Waals surface area contributed by atoms with E-state index in [9.17, 15) is 14.4 Å². The number of hydrogen-bond donors (Lipinski definition) is 4. The second kappa shape index (κ2) is 13.3. The lowest BCUT2D eigenvalue weighted by atomic mass is 9.77. The molecule has 232 valence electrons. The Kier molecular flexibility index (Phi) is 9.51. The van der Waals surface area contributed by atoms with Crippen LogP contribution in [0.5, 0.6) is 11.5 Å². The summed E-state index contributed by atoms with van der Waals surface area (Å²) in [5.41, 5.74) is 10.2. The standard InChI is InChI=1S/C34H40N4O5S/c1-20(2)9-14-28(36-21(3)39)33(41)38-29(15-16-44-4)32(40)37-24-11-13-27-31(18-24)43-30-17-23(35)10-12-26(30)34(27)25-8-6-5-7-22(25)19-42-34/h5-8,10-13,17-18,20,28-29H,9,14-16,19,35H2,1-4H3,(H,36,39)(H,37,40)(H,38,41)/t28-,29-,34?/m0/s1. The van der Waals surface area contributed by atoms with Gasteiger partial charge < -0.3 is 31.2 Å². The number of nitrogen functional groups attached to an aromatic ring is 1. The zero-order valence-corrected chi connectivity index (χ0v) is 26.4. The summed E-state index contributed by atoms with van der Waals surface area (Å²) in [4.78, 5) is 38.6. The highest BCUT2D eigenvalue weighted by Gasteiger charge is 2.49. The molecule has 9 nitrogen and oxygen atoms in total. The highest BCUT2D eigenvalue weighted by Crippen LogP contribution is 2.56. The third kappa shape index (κ3) is 6.42. The quantitative estimate of drug-likeness (QED) is 0.215. The van der Waals surface area contributed by atoms with Gasteiger partial charge in [-0.05, 0) is 72.6 Å². The summed E-state index contributed by atoms with van der Waals surface area (Å²) in [5, 5.41) is 8.60. The van der Waals surface area contributed by atoms with Gasteiger partial charge in [0, 0.05) is 41.6 Å². The monoisotopic (exact) mass is 616 g/mol. The molecular weight excluding hydrogens is 576 g/mol. The van der Waals surface area contributed by atoms with E-state index in [0.29, 0.717) is 54.0 Å². The molecule has 0 saturated carbocycles. The van der Waals surface area contributed by atoms with Gasteiger partial charge in [0.1, 0.15) is 23.6 Å². The summed E-state index contributed by atoms with van der Waals surface area (Å²) in [6.07, 6.45) is 3.63. The minimum absolute atomic E-state index is 0.289. The van der Waals surface area contributed by atoms with Gasteiger partial charge in [0.2, 0.25) is 17.7 Å². The summed E-state index contributed by atoms with van der Waals surface area (Å²) < 4.78 is 13.0. The summed E-state index contributed by atoms with van der Waals surface area (Å²) in [7, 11) is 0. The molecule has 0 aliphatic carbocycles. The molecule has 2 aliphatic rings. The smallest absolute Gasteiger partial charge is 0.246 e. The first-order valence-corrected chi connectivity index (χ1v) is 16.3. The molecule has 2 aliphatic heterocycles. The van der Waals surface area contributed by atoms with Crippen molar-refractivity contribution in [3.05, 3.63) is 82.9 Å². The summed E-state index contributed by atoms with van der Waals surface area (Å²) in [5.74, 6) is 1.16. The number of carbonyl (C=O) groups is 3. The van der Waals surface area contributed by atoms with Crippen LogP contribution in [0.15, 0.2) is 60.7 Å². The first-order valence-electron chi connectivity index (χ1n) is 14.9. The molecule has 1 unspecified atom stereocenters. The Balaban J connectivity index is 1.41. The maximum absolute atomic E-state index is 13.6. The molecule has 3 aromatic carbocycles. The lowest BCUT2D eigenvalue weighted by molar-refractivity contribution is -0.130. The van der Waals surface area contributed by atoms with Crippen LogP contribution in [0.4, 0.5) is 11.4 Å². The number of fused-ring (bicyclic) bond motifs is 6. The summed E-state index contributed by atoms with van der Waals surface area (Å²) in [6.45, 7) is 5.96. The van der Waals surface area contributed by atoms with E-state index in [1.807, 2.05) is 42.7 Å². The Morgan fingerprint density at radius 1 is 0.886 bits per heavy atom. The molecule has 3 aromatic rings. The molecule has 3 amide bonds. The predicted octanol–water partition coefficient (Wildman–Crippen LogP) is 5.31. The van der Waals surface area contributed by atoms with E-state index < -0.39 is 17.7 Å². The van der Waals surface area contributed by atoms with Crippen molar-refractivity contribution in [2.45, 2.75) is 64.3 Å². The molecule has 0 aromatic heterocycles. The number of nitrogens with two attached hydrogens (primary N) is 1. The molecular formula is C34H40N4O5S. The van der Waals surface area contributed by atoms with Crippen molar-refractivity contribution in [1.82, 2.24) is 10.6 Å². The number of amides is 3. The van der Waals surface area contributed by atoms with Crippen molar-refractivity contribution < 1.29 is 23.9 Å². The number of rotatable bonds is 11. The SMILES string of the molecule is CSCC[C@H](NC(=O)[C@H](CCC(C)C)NC(C)=O)C(=O)Nc1ccc2c(c1)Oc1cc(N)ccc1C21OCc2ccccc21. The van der Waals surface area contributed by atoms with Gasteiger partial charge in [-0.3, -0.25) is 14.4 Å². The molecule has 0 radical (unpaired) electrons. The Labute approximate surface area is 262 Å². The van der Waals surface area contributed by atoms with Gasteiger partial charge in [-0.15, -0.1) is 0 Å². The second-order valence-corrected chi connectivity index (χ2v) is 12.7. The fourth-order valence-corrected chi connectivity index (χ4v) is 6.34. The summed E-state index contributed by atoms with van der Waals surface area (Å²) >= 11 is 1.59. The van der Waals surface area contributed by atoms with E-state index in [2.05, 4.69) is 41.9 Å². The number of benzene rings is 3. The zero-order chi connectivity index (χ0) is 31.4. The number of carbonyl (C=O) groups excluding carboxylic acids is 3. The Bertz CT molecular complexity index is 1560. The molecule has 0 fully saturated rings. The molecule has 0 bridgehead atoms. The van der Waals surface area contributed by atoms with Crippen molar-refractivity contribution in [3.8, 4) is 11.5 Å². The van der Waals surface area contributed by atoms with Crippen molar-refractivity contribution in [2.24, 2.45) is 5.92 Å². The number of hydrogen-bond acceptors (Lipinski definition) is 7. The van der Waals surface area contributed by atoms with Crippen LogP contribution < -0.4 is 26.4 Å². The average Bonchev–Trinajstić information content (AvgIpc) is 3.36. The predicted molar refractivity (Wildman–Crippen MR) is 174 cm³/mol. The van der Waals surface area contributed by atoms with Crippen molar-refractivity contribution in [2.75, 3.05) is 23.1 Å². The first-order chi connectivity index (χ1) is 21.1. The maximum atomic E-state index is 13.6. The van der Waals surface area contributed by atoms with Crippen LogP contribution in [-0.4, -0.2) is 41.8 Å². The highest BCUT2D eigenvalue weighted by atomic mass is 32.2. The number of nitrogens with one attached hydrogen (secondary N) is 3. The normalized spacial score (nSPS) is 17.6. The van der Waals surface area contributed by atoms with Gasteiger partial charge in [-0.1, -0.05) is 38.1 Å².